The van der Waals surface area contributed by atoms with Crippen LogP contribution in [0.25, 0.3) is 10.2 Å². The predicted octanol–water partition coefficient (Wildman–Crippen LogP) is 3.47. The van der Waals surface area contributed by atoms with E-state index in [9.17, 15) is 13.6 Å². The first-order chi connectivity index (χ1) is 13.8. The van der Waals surface area contributed by atoms with Crippen molar-refractivity contribution in [2.45, 2.75) is 20.4 Å². The fourth-order valence-electron chi connectivity index (χ4n) is 3.11. The van der Waals surface area contributed by atoms with Crippen molar-refractivity contribution in [3.05, 3.63) is 59.2 Å². The topological polar surface area (TPSA) is 68.8 Å². The van der Waals surface area contributed by atoms with Gasteiger partial charge in [-0.15, -0.1) is 0 Å². The minimum atomic E-state index is -0.758. The first kappa shape index (κ1) is 19.2. The molecule has 1 aromatic carbocycles. The quantitative estimate of drug-likeness (QED) is 0.500. The normalized spacial score (nSPS) is 11.3. The van der Waals surface area contributed by atoms with E-state index >= 15 is 0 Å². The highest BCUT2D eigenvalue weighted by atomic mass is 32.1. The van der Waals surface area contributed by atoms with Crippen molar-refractivity contribution in [3.63, 3.8) is 0 Å². The van der Waals surface area contributed by atoms with Crippen LogP contribution in [-0.4, -0.2) is 37.0 Å². The van der Waals surface area contributed by atoms with E-state index in [4.69, 9.17) is 0 Å². The van der Waals surface area contributed by atoms with E-state index in [1.165, 1.54) is 15.6 Å². The molecule has 0 spiro atoms. The SMILES string of the molecule is Cc1cc(C)n(CCN(C(=O)c2ccn(C)n2)c2nc3c(F)cc(F)cc3s2)n1. The summed E-state index contributed by atoms with van der Waals surface area (Å²) in [5.74, 6) is -1.81. The molecule has 0 bridgehead atoms. The number of anilines is 1. The molecule has 3 aromatic heterocycles. The van der Waals surface area contributed by atoms with Gasteiger partial charge in [0.2, 0.25) is 0 Å². The number of benzene rings is 1. The highest BCUT2D eigenvalue weighted by molar-refractivity contribution is 7.22. The molecule has 10 heteroatoms. The molecule has 0 aliphatic heterocycles. The maximum absolute atomic E-state index is 14.1. The molecule has 0 saturated heterocycles. The number of carbonyl (C=O) groups is 1. The second kappa shape index (κ2) is 7.36. The fraction of sp³-hybridized carbons (Fsp3) is 0.263. The molecule has 4 rings (SSSR count). The molecule has 0 unspecified atom stereocenters. The van der Waals surface area contributed by atoms with Gasteiger partial charge in [0.1, 0.15) is 11.3 Å². The third-order valence-electron chi connectivity index (χ3n) is 4.45. The van der Waals surface area contributed by atoms with Crippen LogP contribution in [0.1, 0.15) is 21.9 Å². The second-order valence-electron chi connectivity index (χ2n) is 6.71. The lowest BCUT2D eigenvalue weighted by Gasteiger charge is -2.19. The largest absolute Gasteiger partial charge is 0.281 e. The van der Waals surface area contributed by atoms with Crippen LogP contribution in [0.2, 0.25) is 0 Å². The molecule has 0 aliphatic rings. The highest BCUT2D eigenvalue weighted by Crippen LogP contribution is 2.31. The second-order valence-corrected chi connectivity index (χ2v) is 7.72. The monoisotopic (exact) mass is 416 g/mol. The molecule has 0 atom stereocenters. The number of aromatic nitrogens is 5. The summed E-state index contributed by atoms with van der Waals surface area (Å²) in [5, 5.41) is 8.86. The number of hydrogen-bond donors (Lipinski definition) is 0. The van der Waals surface area contributed by atoms with E-state index in [1.807, 2.05) is 19.9 Å². The van der Waals surface area contributed by atoms with Gasteiger partial charge in [-0.25, -0.2) is 13.8 Å². The van der Waals surface area contributed by atoms with Crippen LogP contribution in [0.3, 0.4) is 0 Å². The maximum atomic E-state index is 14.1. The van der Waals surface area contributed by atoms with Crippen molar-refractivity contribution in [1.82, 2.24) is 24.5 Å². The number of hydrogen-bond acceptors (Lipinski definition) is 5. The van der Waals surface area contributed by atoms with E-state index in [2.05, 4.69) is 15.2 Å². The average Bonchev–Trinajstić information content (AvgIpc) is 3.34. The van der Waals surface area contributed by atoms with Gasteiger partial charge in [-0.1, -0.05) is 11.3 Å². The number of thiazole rings is 1. The lowest BCUT2D eigenvalue weighted by Crippen LogP contribution is -2.34. The zero-order valence-corrected chi connectivity index (χ0v) is 16.9. The summed E-state index contributed by atoms with van der Waals surface area (Å²) < 4.78 is 31.4. The Morgan fingerprint density at radius 2 is 2.00 bits per heavy atom. The van der Waals surface area contributed by atoms with Crippen molar-refractivity contribution in [2.75, 3.05) is 11.4 Å². The molecule has 7 nitrogen and oxygen atoms in total. The van der Waals surface area contributed by atoms with Gasteiger partial charge < -0.3 is 0 Å². The number of carbonyl (C=O) groups excluding carboxylic acids is 1. The van der Waals surface area contributed by atoms with Crippen molar-refractivity contribution in [3.8, 4) is 0 Å². The fourth-order valence-corrected chi connectivity index (χ4v) is 4.14. The first-order valence-electron chi connectivity index (χ1n) is 8.90. The van der Waals surface area contributed by atoms with Crippen molar-refractivity contribution >= 4 is 32.6 Å². The van der Waals surface area contributed by atoms with Crippen LogP contribution < -0.4 is 4.90 Å². The molecule has 29 heavy (non-hydrogen) atoms. The number of rotatable bonds is 5. The third kappa shape index (κ3) is 3.75. The van der Waals surface area contributed by atoms with E-state index in [1.54, 1.807) is 24.0 Å². The Kier molecular flexibility index (Phi) is 4.87. The van der Waals surface area contributed by atoms with Gasteiger partial charge in [-0.3, -0.25) is 19.1 Å². The van der Waals surface area contributed by atoms with Crippen LogP contribution in [0.15, 0.2) is 30.5 Å². The van der Waals surface area contributed by atoms with Crippen molar-refractivity contribution in [2.24, 2.45) is 7.05 Å². The lowest BCUT2D eigenvalue weighted by molar-refractivity contribution is 0.0980. The highest BCUT2D eigenvalue weighted by Gasteiger charge is 2.24. The maximum Gasteiger partial charge on any atom is 0.280 e. The molecule has 0 radical (unpaired) electrons. The number of nitrogens with zero attached hydrogens (tertiary/aromatic N) is 6. The average molecular weight is 416 g/mol. The molecule has 0 aliphatic carbocycles. The van der Waals surface area contributed by atoms with Gasteiger partial charge in [0.05, 0.1) is 16.9 Å². The smallest absolute Gasteiger partial charge is 0.280 e. The predicted molar refractivity (Wildman–Crippen MR) is 106 cm³/mol. The molecule has 4 aromatic rings. The summed E-state index contributed by atoms with van der Waals surface area (Å²) in [5.41, 5.74) is 2.12. The Balaban J connectivity index is 1.72. The standard InChI is InChI=1S/C19H18F2N6OS/c1-11-8-12(2)27(23-11)7-6-26(18(28)15-4-5-25(3)24-15)19-22-17-14(21)9-13(20)10-16(17)29-19/h4-5,8-10H,6-7H2,1-3H3. The van der Waals surface area contributed by atoms with Gasteiger partial charge in [0.25, 0.3) is 5.91 Å². The van der Waals surface area contributed by atoms with Gasteiger partial charge in [0, 0.05) is 31.5 Å². The summed E-state index contributed by atoms with van der Waals surface area (Å²) in [6.07, 6.45) is 1.67. The Bertz CT molecular complexity index is 1210. The number of amides is 1. The van der Waals surface area contributed by atoms with Crippen LogP contribution >= 0.6 is 11.3 Å². The van der Waals surface area contributed by atoms with Crippen LogP contribution in [0, 0.1) is 25.5 Å². The summed E-state index contributed by atoms with van der Waals surface area (Å²) >= 11 is 1.06. The Hall–Kier alpha value is -3.14. The minimum absolute atomic E-state index is 0.0383. The van der Waals surface area contributed by atoms with Crippen LogP contribution in [0.5, 0.6) is 0 Å². The van der Waals surface area contributed by atoms with Gasteiger partial charge in [-0.2, -0.15) is 10.2 Å². The van der Waals surface area contributed by atoms with E-state index in [-0.39, 0.29) is 28.8 Å². The molecule has 0 saturated carbocycles. The van der Waals surface area contributed by atoms with Gasteiger partial charge >= 0.3 is 0 Å². The van der Waals surface area contributed by atoms with E-state index in [0.29, 0.717) is 11.2 Å². The summed E-state index contributed by atoms with van der Waals surface area (Å²) in [4.78, 5) is 18.8. The third-order valence-corrected chi connectivity index (χ3v) is 5.47. The molecule has 3 heterocycles. The summed E-state index contributed by atoms with van der Waals surface area (Å²) in [7, 11) is 1.72. The zero-order chi connectivity index (χ0) is 20.7. The molecule has 1 amide bonds. The first-order valence-corrected chi connectivity index (χ1v) is 9.71. The van der Waals surface area contributed by atoms with E-state index < -0.39 is 11.6 Å². The van der Waals surface area contributed by atoms with Crippen molar-refractivity contribution < 1.29 is 13.6 Å². The minimum Gasteiger partial charge on any atom is -0.281 e. The molecular weight excluding hydrogens is 398 g/mol. The lowest BCUT2D eigenvalue weighted by atomic mass is 10.3. The Morgan fingerprint density at radius 1 is 1.21 bits per heavy atom. The molecule has 0 fully saturated rings. The van der Waals surface area contributed by atoms with Gasteiger partial charge in [0.15, 0.2) is 16.6 Å². The number of aryl methyl sites for hydroxylation is 3. The van der Waals surface area contributed by atoms with Crippen molar-refractivity contribution in [1.29, 1.82) is 0 Å². The van der Waals surface area contributed by atoms with Crippen LogP contribution in [-0.2, 0) is 13.6 Å². The van der Waals surface area contributed by atoms with E-state index in [0.717, 1.165) is 28.8 Å². The Labute approximate surface area is 169 Å². The summed E-state index contributed by atoms with van der Waals surface area (Å²) in [6.45, 7) is 4.50. The molecular formula is C19H18F2N6OS. The molecule has 0 N–H and O–H groups in total. The number of halogens is 2. The van der Waals surface area contributed by atoms with Gasteiger partial charge in [-0.05, 0) is 32.0 Å². The number of fused-ring (bicyclic) bond motifs is 1. The molecule has 150 valence electrons. The summed E-state index contributed by atoms with van der Waals surface area (Å²) in [6, 6.07) is 5.55. The Morgan fingerprint density at radius 3 is 2.66 bits per heavy atom. The zero-order valence-electron chi connectivity index (χ0n) is 16.1. The van der Waals surface area contributed by atoms with Crippen LogP contribution in [0.4, 0.5) is 13.9 Å².